The monoisotopic (exact) mass is 371 g/mol. The first-order valence-corrected chi connectivity index (χ1v) is 9.27. The minimum atomic E-state index is -2.24. The number of rotatable bonds is 1. The number of halogens is 5. The Balaban J connectivity index is 2.35. The summed E-state index contributed by atoms with van der Waals surface area (Å²) in [5.41, 5.74) is -1.23. The van der Waals surface area contributed by atoms with Gasteiger partial charge in [-0.05, 0) is 0 Å². The molecule has 0 aromatic heterocycles. The lowest BCUT2D eigenvalue weighted by atomic mass is 9.07. The van der Waals surface area contributed by atoms with Gasteiger partial charge in [-0.25, -0.2) is 22.0 Å². The van der Waals surface area contributed by atoms with Crippen molar-refractivity contribution in [3.05, 3.63) is 33.9 Å². The first-order chi connectivity index (χ1) is 12.1. The summed E-state index contributed by atoms with van der Waals surface area (Å²) < 4.78 is 71.1. The summed E-state index contributed by atoms with van der Waals surface area (Å²) in [5, 5.41) is 0. The lowest BCUT2D eigenvalue weighted by Gasteiger charge is -2.53. The van der Waals surface area contributed by atoms with Crippen LogP contribution in [0, 0.1) is 35.1 Å². The Labute approximate surface area is 150 Å². The van der Waals surface area contributed by atoms with Crippen LogP contribution in [-0.2, 0) is 0 Å². The molecule has 2 saturated heterocycles. The van der Waals surface area contributed by atoms with Gasteiger partial charge in [0, 0.05) is 26.7 Å². The normalized spacial score (nSPS) is 28.5. The van der Waals surface area contributed by atoms with Crippen molar-refractivity contribution in [3.8, 4) is 5.97 Å². The van der Waals surface area contributed by atoms with Gasteiger partial charge in [0.25, 0.3) is 5.54 Å². The standard InChI is InChI=1S/C19H23BF5N/c1-19(2,3)26-10-20(11-6-4-7-12(20)9-5-8-11)13-14(21)16(23)18(25)17(24)15(13)22/h11-12H,4-9H2,1-3H3. The fourth-order valence-corrected chi connectivity index (χ4v) is 5.10. The number of fused-ring (bicyclic) bond motifs is 2. The van der Waals surface area contributed by atoms with E-state index in [0.29, 0.717) is 25.7 Å². The van der Waals surface area contributed by atoms with Crippen LogP contribution in [0.5, 0.6) is 0 Å². The van der Waals surface area contributed by atoms with E-state index in [1.807, 2.05) is 20.8 Å². The second-order valence-electron chi connectivity index (χ2n) is 8.78. The van der Waals surface area contributed by atoms with Crippen LogP contribution in [0.15, 0.2) is 0 Å². The molecule has 2 fully saturated rings. The van der Waals surface area contributed by atoms with Gasteiger partial charge in [-0.3, -0.25) is 0 Å². The lowest BCUT2D eigenvalue weighted by Crippen LogP contribution is -2.61. The zero-order valence-corrected chi connectivity index (χ0v) is 15.3. The predicted octanol–water partition coefficient (Wildman–Crippen LogP) is 5.82. The highest BCUT2D eigenvalue weighted by Gasteiger charge is 2.52. The molecule has 2 bridgehead atoms. The minimum absolute atomic E-state index is 0.165. The maximum Gasteiger partial charge on any atom is 0.268 e. The summed E-state index contributed by atoms with van der Waals surface area (Å²) >= 11 is 0. The van der Waals surface area contributed by atoms with Gasteiger partial charge in [-0.1, -0.05) is 38.5 Å². The molecule has 7 heteroatoms. The highest BCUT2D eigenvalue weighted by Crippen LogP contribution is 2.53. The van der Waals surface area contributed by atoms with E-state index in [1.165, 1.54) is 0 Å². The highest BCUT2D eigenvalue weighted by molar-refractivity contribution is 7.00. The van der Waals surface area contributed by atoms with Crippen molar-refractivity contribution in [1.82, 2.24) is 0 Å². The van der Waals surface area contributed by atoms with Gasteiger partial charge in [0.1, 0.15) is 11.6 Å². The van der Waals surface area contributed by atoms with Crippen molar-refractivity contribution in [2.45, 2.75) is 76.5 Å². The van der Waals surface area contributed by atoms with Gasteiger partial charge in [0.05, 0.1) is 0 Å². The minimum Gasteiger partial charge on any atom is -0.207 e. The third-order valence-corrected chi connectivity index (χ3v) is 6.12. The third-order valence-electron chi connectivity index (χ3n) is 6.12. The maximum atomic E-state index is 14.8. The van der Waals surface area contributed by atoms with E-state index in [9.17, 15) is 22.0 Å². The molecule has 3 rings (SSSR count). The number of hydrogen-bond acceptors (Lipinski definition) is 0. The van der Waals surface area contributed by atoms with Crippen LogP contribution in [0.4, 0.5) is 22.0 Å². The molecule has 0 aliphatic carbocycles. The first-order valence-electron chi connectivity index (χ1n) is 9.27. The van der Waals surface area contributed by atoms with E-state index in [-0.39, 0.29) is 11.6 Å². The molecule has 0 unspecified atom stereocenters. The molecule has 1 nitrogen and oxygen atoms in total. The molecule has 0 amide bonds. The smallest absolute Gasteiger partial charge is 0.207 e. The van der Waals surface area contributed by atoms with Gasteiger partial charge in [0.15, 0.2) is 17.5 Å². The van der Waals surface area contributed by atoms with Crippen LogP contribution in [0.1, 0.15) is 59.3 Å². The lowest BCUT2D eigenvalue weighted by molar-refractivity contribution is 0.380. The summed E-state index contributed by atoms with van der Waals surface area (Å²) in [4.78, 5) is 4.38. The number of benzene rings is 1. The predicted molar refractivity (Wildman–Crippen MR) is 93.8 cm³/mol. The Morgan fingerprint density at radius 2 is 1.15 bits per heavy atom. The molecule has 2 heterocycles. The van der Waals surface area contributed by atoms with E-state index in [4.69, 9.17) is 0 Å². The van der Waals surface area contributed by atoms with Gasteiger partial charge in [-0.15, -0.1) is 21.9 Å². The number of hydrogen-bond donors (Lipinski definition) is 0. The average Bonchev–Trinajstić information content (AvgIpc) is 2.55. The molecule has 0 N–H and O–H groups in total. The van der Waals surface area contributed by atoms with Gasteiger partial charge >= 0.3 is 0 Å². The summed E-state index contributed by atoms with van der Waals surface area (Å²) in [5.74, 6) is -6.61. The maximum absolute atomic E-state index is 14.8. The van der Waals surface area contributed by atoms with Crippen LogP contribution in [-0.4, -0.2) is 11.7 Å². The molecule has 0 atom stereocenters. The molecular weight excluding hydrogens is 348 g/mol. The SMILES string of the molecule is CC(C)(C)[N+]#C[B-]1(c2c(F)c(F)c(F)c(F)c2F)C2CCCC1CCC2. The van der Waals surface area contributed by atoms with E-state index in [0.717, 1.165) is 12.8 Å². The first kappa shape index (κ1) is 19.2. The number of nitrogens with zero attached hydrogens (tertiary/aromatic N) is 1. The second kappa shape index (κ2) is 6.54. The molecule has 1 aromatic rings. The van der Waals surface area contributed by atoms with Crippen molar-refractivity contribution < 1.29 is 22.0 Å². The van der Waals surface area contributed by atoms with Crippen LogP contribution in [0.3, 0.4) is 0 Å². The largest absolute Gasteiger partial charge is 0.268 e. The van der Waals surface area contributed by atoms with Crippen molar-refractivity contribution >= 4 is 11.6 Å². The van der Waals surface area contributed by atoms with E-state index < -0.39 is 46.2 Å². The Hall–Kier alpha value is -1.58. The highest BCUT2D eigenvalue weighted by atomic mass is 19.2. The fourth-order valence-electron chi connectivity index (χ4n) is 5.10. The molecule has 2 aliphatic heterocycles. The zero-order chi connectivity index (χ0) is 19.3. The fraction of sp³-hybridized carbons (Fsp3) is 0.632. The molecule has 1 aromatic carbocycles. The molecule has 26 heavy (non-hydrogen) atoms. The molecule has 0 saturated carbocycles. The van der Waals surface area contributed by atoms with Gasteiger partial charge in [-0.2, -0.15) is 0 Å². The van der Waals surface area contributed by atoms with Crippen molar-refractivity contribution in [2.75, 3.05) is 0 Å². The summed E-state index contributed by atoms with van der Waals surface area (Å²) in [6.45, 7) is 5.46. The van der Waals surface area contributed by atoms with Crippen LogP contribution in [0.25, 0.3) is 4.85 Å². The molecule has 142 valence electrons. The van der Waals surface area contributed by atoms with Crippen molar-refractivity contribution in [1.29, 1.82) is 0 Å². The van der Waals surface area contributed by atoms with Crippen molar-refractivity contribution in [3.63, 3.8) is 0 Å². The summed E-state index contributed by atoms with van der Waals surface area (Å²) in [7, 11) is 0. The zero-order valence-electron chi connectivity index (χ0n) is 15.3. The quantitative estimate of drug-likeness (QED) is 0.254. The van der Waals surface area contributed by atoms with Gasteiger partial charge in [0.2, 0.25) is 6.15 Å². The molecule has 0 radical (unpaired) electrons. The third kappa shape index (κ3) is 2.91. The topological polar surface area (TPSA) is 4.36 Å². The van der Waals surface area contributed by atoms with Crippen molar-refractivity contribution in [2.24, 2.45) is 0 Å². The van der Waals surface area contributed by atoms with E-state index in [1.54, 1.807) is 0 Å². The van der Waals surface area contributed by atoms with Crippen LogP contribution in [0.2, 0.25) is 11.6 Å². The Bertz CT molecular complexity index is 739. The Morgan fingerprint density at radius 1 is 0.769 bits per heavy atom. The average molecular weight is 371 g/mol. The van der Waals surface area contributed by atoms with E-state index >= 15 is 0 Å². The molecule has 2 aliphatic rings. The van der Waals surface area contributed by atoms with Gasteiger partial charge < -0.3 is 0 Å². The van der Waals surface area contributed by atoms with Crippen LogP contribution < -0.4 is 5.46 Å². The van der Waals surface area contributed by atoms with Crippen LogP contribution >= 0.6 is 0 Å². The Morgan fingerprint density at radius 3 is 1.54 bits per heavy atom. The molecular formula is C19H23BF5N. The molecule has 0 spiro atoms. The van der Waals surface area contributed by atoms with E-state index in [2.05, 4.69) is 10.8 Å². The summed E-state index contributed by atoms with van der Waals surface area (Å²) in [6, 6.07) is 0. The Kier molecular flexibility index (Phi) is 4.83. The summed E-state index contributed by atoms with van der Waals surface area (Å²) in [6.07, 6.45) is 2.34. The second-order valence-corrected chi connectivity index (χ2v) is 8.78.